The second-order valence-corrected chi connectivity index (χ2v) is 6.09. The number of hydrogen-bond donors (Lipinski definition) is 1. The third-order valence-electron chi connectivity index (χ3n) is 4.57. The average molecular weight is 288 g/mol. The first-order chi connectivity index (χ1) is 10.2. The number of ether oxygens (including phenoxy) is 1. The van der Waals surface area contributed by atoms with E-state index in [0.717, 1.165) is 24.9 Å². The number of fused-ring (bicyclic) bond motifs is 1. The zero-order valence-electron chi connectivity index (χ0n) is 12.8. The lowest BCUT2D eigenvalue weighted by molar-refractivity contribution is -0.145. The van der Waals surface area contributed by atoms with E-state index in [9.17, 15) is 4.79 Å². The summed E-state index contributed by atoms with van der Waals surface area (Å²) in [6.07, 6.45) is 2.92. The number of carbonyl (C=O) groups excluding carboxylic acids is 1. The minimum atomic E-state index is -0.0979. The van der Waals surface area contributed by atoms with Crippen LogP contribution >= 0.6 is 0 Å². The fourth-order valence-corrected chi connectivity index (χ4v) is 3.28. The van der Waals surface area contributed by atoms with E-state index in [1.165, 1.54) is 5.56 Å². The largest absolute Gasteiger partial charge is 0.375 e. The topological polar surface area (TPSA) is 41.6 Å². The molecule has 21 heavy (non-hydrogen) atoms. The standard InChI is InChI=1S/C17H24N2O2/c1-3-14-11-21-12(2)10-19(14)17(20)16-9-8-13-6-4-5-7-15(13)18-16/h4-7,12,14,16,18H,3,8-11H2,1-2H3. The molecule has 0 saturated carbocycles. The van der Waals surface area contributed by atoms with Gasteiger partial charge in [0.05, 0.1) is 18.8 Å². The summed E-state index contributed by atoms with van der Waals surface area (Å²) in [6, 6.07) is 8.39. The van der Waals surface area contributed by atoms with Gasteiger partial charge in [0.25, 0.3) is 0 Å². The molecule has 1 amide bonds. The highest BCUT2D eigenvalue weighted by Gasteiger charge is 2.34. The first-order valence-electron chi connectivity index (χ1n) is 7.95. The third kappa shape index (κ3) is 2.91. The van der Waals surface area contributed by atoms with Crippen LogP contribution in [0, 0.1) is 0 Å². The minimum absolute atomic E-state index is 0.0979. The zero-order valence-corrected chi connectivity index (χ0v) is 12.8. The molecule has 3 atom stereocenters. The average Bonchev–Trinajstić information content (AvgIpc) is 2.53. The summed E-state index contributed by atoms with van der Waals surface area (Å²) >= 11 is 0. The minimum Gasteiger partial charge on any atom is -0.375 e. The number of morpholine rings is 1. The molecule has 0 bridgehead atoms. The summed E-state index contributed by atoms with van der Waals surface area (Å²) in [6.45, 7) is 5.52. The molecule has 4 heteroatoms. The molecule has 3 rings (SSSR count). The SMILES string of the molecule is CCC1COC(C)CN1C(=O)C1CCc2ccccc2N1. The zero-order chi connectivity index (χ0) is 14.8. The van der Waals surface area contributed by atoms with Gasteiger partial charge >= 0.3 is 0 Å². The molecular weight excluding hydrogens is 264 g/mol. The Hall–Kier alpha value is -1.55. The van der Waals surface area contributed by atoms with Gasteiger partial charge in [-0.25, -0.2) is 0 Å². The number of nitrogens with zero attached hydrogens (tertiary/aromatic N) is 1. The van der Waals surface area contributed by atoms with Crippen molar-refractivity contribution in [3.8, 4) is 0 Å². The Morgan fingerprint density at radius 1 is 1.43 bits per heavy atom. The Morgan fingerprint density at radius 3 is 3.05 bits per heavy atom. The van der Waals surface area contributed by atoms with E-state index in [1.54, 1.807) is 0 Å². The van der Waals surface area contributed by atoms with Gasteiger partial charge in [-0.2, -0.15) is 0 Å². The van der Waals surface area contributed by atoms with Crippen molar-refractivity contribution in [2.24, 2.45) is 0 Å². The van der Waals surface area contributed by atoms with E-state index in [-0.39, 0.29) is 24.1 Å². The van der Waals surface area contributed by atoms with Crippen LogP contribution in [0.5, 0.6) is 0 Å². The molecule has 0 radical (unpaired) electrons. The highest BCUT2D eigenvalue weighted by molar-refractivity contribution is 5.86. The van der Waals surface area contributed by atoms with Crippen LogP contribution in [0.4, 0.5) is 5.69 Å². The second-order valence-electron chi connectivity index (χ2n) is 6.09. The number of para-hydroxylation sites is 1. The molecule has 0 spiro atoms. The highest BCUT2D eigenvalue weighted by Crippen LogP contribution is 2.26. The highest BCUT2D eigenvalue weighted by atomic mass is 16.5. The number of nitrogens with one attached hydrogen (secondary N) is 1. The molecule has 1 fully saturated rings. The maximum atomic E-state index is 12.9. The maximum absolute atomic E-state index is 12.9. The van der Waals surface area contributed by atoms with Crippen LogP contribution in [-0.2, 0) is 16.0 Å². The Labute approximate surface area is 126 Å². The van der Waals surface area contributed by atoms with E-state index in [1.807, 2.05) is 17.9 Å². The Kier molecular flexibility index (Phi) is 4.15. The van der Waals surface area contributed by atoms with Crippen molar-refractivity contribution in [3.05, 3.63) is 29.8 Å². The van der Waals surface area contributed by atoms with Gasteiger partial charge in [-0.05, 0) is 37.8 Å². The third-order valence-corrected chi connectivity index (χ3v) is 4.57. The molecule has 114 valence electrons. The maximum Gasteiger partial charge on any atom is 0.245 e. The van der Waals surface area contributed by atoms with E-state index < -0.39 is 0 Å². The van der Waals surface area contributed by atoms with Gasteiger partial charge < -0.3 is 15.0 Å². The Morgan fingerprint density at radius 2 is 2.24 bits per heavy atom. The van der Waals surface area contributed by atoms with Crippen molar-refractivity contribution in [3.63, 3.8) is 0 Å². The van der Waals surface area contributed by atoms with Crippen LogP contribution in [0.25, 0.3) is 0 Å². The molecule has 1 N–H and O–H groups in total. The molecule has 2 aliphatic heterocycles. The summed E-state index contributed by atoms with van der Waals surface area (Å²) < 4.78 is 5.69. The van der Waals surface area contributed by atoms with Crippen molar-refractivity contribution in [2.75, 3.05) is 18.5 Å². The van der Waals surface area contributed by atoms with Crippen molar-refractivity contribution in [2.45, 2.75) is 51.3 Å². The van der Waals surface area contributed by atoms with Crippen LogP contribution in [0.15, 0.2) is 24.3 Å². The van der Waals surface area contributed by atoms with Crippen molar-refractivity contribution in [1.29, 1.82) is 0 Å². The van der Waals surface area contributed by atoms with Gasteiger partial charge in [-0.1, -0.05) is 25.1 Å². The smallest absolute Gasteiger partial charge is 0.245 e. The monoisotopic (exact) mass is 288 g/mol. The summed E-state index contributed by atoms with van der Waals surface area (Å²) in [5.74, 6) is 0.228. The van der Waals surface area contributed by atoms with Crippen LogP contribution in [0.3, 0.4) is 0 Å². The lowest BCUT2D eigenvalue weighted by Crippen LogP contribution is -2.56. The van der Waals surface area contributed by atoms with Crippen molar-refractivity contribution in [1.82, 2.24) is 4.90 Å². The van der Waals surface area contributed by atoms with Gasteiger partial charge in [-0.3, -0.25) is 4.79 Å². The van der Waals surface area contributed by atoms with Gasteiger partial charge in [0, 0.05) is 12.2 Å². The van der Waals surface area contributed by atoms with Gasteiger partial charge in [0.1, 0.15) is 6.04 Å². The van der Waals surface area contributed by atoms with Crippen molar-refractivity contribution >= 4 is 11.6 Å². The fraction of sp³-hybridized carbons (Fsp3) is 0.588. The predicted octanol–water partition coefficient (Wildman–Crippen LogP) is 2.44. The summed E-state index contributed by atoms with van der Waals surface area (Å²) in [4.78, 5) is 14.9. The molecule has 4 nitrogen and oxygen atoms in total. The Balaban J connectivity index is 1.73. The summed E-state index contributed by atoms with van der Waals surface area (Å²) in [5.41, 5.74) is 2.42. The lowest BCUT2D eigenvalue weighted by atomic mass is 9.96. The number of aryl methyl sites for hydroxylation is 1. The molecule has 1 aromatic rings. The molecule has 1 saturated heterocycles. The summed E-state index contributed by atoms with van der Waals surface area (Å²) in [7, 11) is 0. The van der Waals surface area contributed by atoms with E-state index in [0.29, 0.717) is 13.2 Å². The van der Waals surface area contributed by atoms with E-state index in [4.69, 9.17) is 4.74 Å². The molecule has 0 aromatic heterocycles. The quantitative estimate of drug-likeness (QED) is 0.909. The van der Waals surface area contributed by atoms with Crippen LogP contribution in [0.1, 0.15) is 32.3 Å². The summed E-state index contributed by atoms with van der Waals surface area (Å²) in [5, 5.41) is 3.42. The van der Waals surface area contributed by atoms with Gasteiger partial charge in [0.2, 0.25) is 5.91 Å². The van der Waals surface area contributed by atoms with E-state index in [2.05, 4.69) is 30.4 Å². The lowest BCUT2D eigenvalue weighted by Gasteiger charge is -2.41. The molecule has 3 unspecified atom stereocenters. The number of benzene rings is 1. The predicted molar refractivity (Wildman–Crippen MR) is 83.4 cm³/mol. The van der Waals surface area contributed by atoms with Gasteiger partial charge in [-0.15, -0.1) is 0 Å². The molecular formula is C17H24N2O2. The number of rotatable bonds is 2. The molecule has 2 aliphatic rings. The van der Waals surface area contributed by atoms with Crippen LogP contribution in [-0.4, -0.2) is 42.1 Å². The molecule has 1 aromatic carbocycles. The fourth-order valence-electron chi connectivity index (χ4n) is 3.28. The molecule has 0 aliphatic carbocycles. The number of anilines is 1. The molecule has 2 heterocycles. The number of carbonyl (C=O) groups is 1. The van der Waals surface area contributed by atoms with Gasteiger partial charge in [0.15, 0.2) is 0 Å². The first-order valence-corrected chi connectivity index (χ1v) is 7.95. The number of amides is 1. The van der Waals surface area contributed by atoms with Crippen LogP contribution in [0.2, 0.25) is 0 Å². The number of hydrogen-bond acceptors (Lipinski definition) is 3. The normalized spacial score (nSPS) is 28.7. The Bertz CT molecular complexity index is 517. The second kappa shape index (κ2) is 6.06. The van der Waals surface area contributed by atoms with E-state index >= 15 is 0 Å². The van der Waals surface area contributed by atoms with Crippen LogP contribution < -0.4 is 5.32 Å². The van der Waals surface area contributed by atoms with Crippen molar-refractivity contribution < 1.29 is 9.53 Å². The first kappa shape index (κ1) is 14.4.